The Labute approximate surface area is 149 Å². The molecule has 2 aromatic carbocycles. The van der Waals surface area contributed by atoms with Crippen LogP contribution in [0.25, 0.3) is 6.08 Å². The Morgan fingerprint density at radius 3 is 2.85 bits per heavy atom. The molecular weight excluding hydrogens is 340 g/mol. The van der Waals surface area contributed by atoms with Gasteiger partial charge in [-0.2, -0.15) is 0 Å². The molecule has 26 heavy (non-hydrogen) atoms. The molecule has 1 aliphatic rings. The van der Waals surface area contributed by atoms with Gasteiger partial charge in [0.25, 0.3) is 5.69 Å². The van der Waals surface area contributed by atoms with Crippen molar-refractivity contribution in [2.75, 3.05) is 18.7 Å². The molecule has 0 aliphatic carbocycles. The van der Waals surface area contributed by atoms with E-state index in [1.165, 1.54) is 18.2 Å². The summed E-state index contributed by atoms with van der Waals surface area (Å²) in [5.41, 5.74) is 0.602. The normalized spacial score (nSPS) is 12.2. The van der Waals surface area contributed by atoms with Gasteiger partial charge in [-0.3, -0.25) is 14.9 Å². The summed E-state index contributed by atoms with van der Waals surface area (Å²) in [6.45, 7) is 2.34. The average molecular weight is 356 g/mol. The van der Waals surface area contributed by atoms with Crippen LogP contribution in [0.15, 0.2) is 42.5 Å². The van der Waals surface area contributed by atoms with Crippen molar-refractivity contribution < 1.29 is 23.9 Å². The fraction of sp³-hybridized carbons (Fsp3) is 0.167. The minimum Gasteiger partial charge on any atom is -0.494 e. The summed E-state index contributed by atoms with van der Waals surface area (Å²) in [6, 6.07) is 9.54. The van der Waals surface area contributed by atoms with Crippen LogP contribution in [0.5, 0.6) is 17.2 Å². The summed E-state index contributed by atoms with van der Waals surface area (Å²) >= 11 is 0. The third-order valence-corrected chi connectivity index (χ3v) is 3.56. The van der Waals surface area contributed by atoms with Crippen LogP contribution in [0.3, 0.4) is 0 Å². The van der Waals surface area contributed by atoms with Gasteiger partial charge in [0.2, 0.25) is 12.7 Å². The van der Waals surface area contributed by atoms with Crippen LogP contribution in [0.2, 0.25) is 0 Å². The number of nitro benzene ring substituents is 1. The fourth-order valence-corrected chi connectivity index (χ4v) is 2.39. The molecule has 0 fully saturated rings. The summed E-state index contributed by atoms with van der Waals surface area (Å²) in [5, 5.41) is 13.7. The predicted molar refractivity (Wildman–Crippen MR) is 94.5 cm³/mol. The number of anilines is 1. The molecule has 1 amide bonds. The monoisotopic (exact) mass is 356 g/mol. The van der Waals surface area contributed by atoms with Crippen molar-refractivity contribution in [3.63, 3.8) is 0 Å². The number of rotatable bonds is 6. The van der Waals surface area contributed by atoms with Gasteiger partial charge >= 0.3 is 0 Å². The van der Waals surface area contributed by atoms with Crippen LogP contribution in [0, 0.1) is 10.1 Å². The molecule has 0 aromatic heterocycles. The molecule has 0 atom stereocenters. The van der Waals surface area contributed by atoms with Gasteiger partial charge in [0.1, 0.15) is 11.4 Å². The second kappa shape index (κ2) is 7.56. The minimum atomic E-state index is -0.570. The fourth-order valence-electron chi connectivity index (χ4n) is 2.39. The van der Waals surface area contributed by atoms with E-state index >= 15 is 0 Å². The number of hydrogen-bond donors (Lipinski definition) is 1. The standard InChI is InChI=1S/C18H16N2O6/c1-2-24-13-5-6-14(15(10-13)20(22)23)19-18(21)8-4-12-3-7-16-17(9-12)26-11-25-16/h3-10H,2,11H2,1H3,(H,19,21)/b8-4+. The molecule has 0 unspecified atom stereocenters. The third-order valence-electron chi connectivity index (χ3n) is 3.56. The Kier molecular flexibility index (Phi) is 5.02. The zero-order valence-electron chi connectivity index (χ0n) is 13.9. The highest BCUT2D eigenvalue weighted by molar-refractivity contribution is 6.03. The molecule has 8 nitrogen and oxygen atoms in total. The van der Waals surface area contributed by atoms with Crippen LogP contribution in [0.1, 0.15) is 12.5 Å². The summed E-state index contributed by atoms with van der Waals surface area (Å²) in [7, 11) is 0. The second-order valence-corrected chi connectivity index (χ2v) is 5.30. The molecule has 1 heterocycles. The maximum Gasteiger partial charge on any atom is 0.296 e. The number of carbonyl (C=O) groups excluding carboxylic acids is 1. The summed E-state index contributed by atoms with van der Waals surface area (Å²) in [4.78, 5) is 22.7. The SMILES string of the molecule is CCOc1ccc(NC(=O)/C=C/c2ccc3c(c2)OCO3)c([N+](=O)[O-])c1. The molecule has 1 N–H and O–H groups in total. The van der Waals surface area contributed by atoms with E-state index in [1.807, 2.05) is 0 Å². The molecule has 0 bridgehead atoms. The first-order valence-electron chi connectivity index (χ1n) is 7.87. The Morgan fingerprint density at radius 2 is 2.08 bits per heavy atom. The largest absolute Gasteiger partial charge is 0.494 e. The molecule has 134 valence electrons. The zero-order valence-corrected chi connectivity index (χ0v) is 13.9. The number of benzene rings is 2. The van der Waals surface area contributed by atoms with E-state index in [1.54, 1.807) is 37.3 Å². The van der Waals surface area contributed by atoms with Crippen LogP contribution >= 0.6 is 0 Å². The lowest BCUT2D eigenvalue weighted by atomic mass is 10.2. The van der Waals surface area contributed by atoms with Gasteiger partial charge in [-0.25, -0.2) is 0 Å². The van der Waals surface area contributed by atoms with E-state index in [9.17, 15) is 14.9 Å². The quantitative estimate of drug-likeness (QED) is 0.484. The van der Waals surface area contributed by atoms with Crippen molar-refractivity contribution >= 4 is 23.4 Å². The van der Waals surface area contributed by atoms with Crippen LogP contribution in [0.4, 0.5) is 11.4 Å². The molecular formula is C18H16N2O6. The Hall–Kier alpha value is -3.55. The van der Waals surface area contributed by atoms with E-state index in [4.69, 9.17) is 14.2 Å². The summed E-state index contributed by atoms with van der Waals surface area (Å²) < 4.78 is 15.7. The maximum absolute atomic E-state index is 12.1. The van der Waals surface area contributed by atoms with Crippen molar-refractivity contribution in [2.24, 2.45) is 0 Å². The highest BCUT2D eigenvalue weighted by atomic mass is 16.7. The molecule has 0 spiro atoms. The Bertz CT molecular complexity index is 878. The summed E-state index contributed by atoms with van der Waals surface area (Å²) in [5.74, 6) is 1.13. The maximum atomic E-state index is 12.1. The van der Waals surface area contributed by atoms with Crippen molar-refractivity contribution in [1.82, 2.24) is 0 Å². The number of fused-ring (bicyclic) bond motifs is 1. The highest BCUT2D eigenvalue weighted by Crippen LogP contribution is 2.33. The lowest BCUT2D eigenvalue weighted by Gasteiger charge is -2.07. The molecule has 0 saturated carbocycles. The molecule has 2 aromatic rings. The van der Waals surface area contributed by atoms with Gasteiger partial charge in [0.05, 0.1) is 17.6 Å². The lowest BCUT2D eigenvalue weighted by molar-refractivity contribution is -0.384. The average Bonchev–Trinajstić information content (AvgIpc) is 3.09. The zero-order chi connectivity index (χ0) is 18.5. The summed E-state index contributed by atoms with van der Waals surface area (Å²) in [6.07, 6.45) is 2.87. The van der Waals surface area contributed by atoms with E-state index in [0.717, 1.165) is 5.56 Å². The topological polar surface area (TPSA) is 99.9 Å². The number of hydrogen-bond acceptors (Lipinski definition) is 6. The van der Waals surface area contributed by atoms with Gasteiger partial charge < -0.3 is 19.5 Å². The third kappa shape index (κ3) is 3.92. The van der Waals surface area contributed by atoms with Crippen molar-refractivity contribution in [3.05, 3.63) is 58.2 Å². The number of ether oxygens (including phenoxy) is 3. The van der Waals surface area contributed by atoms with Crippen molar-refractivity contribution in [3.8, 4) is 17.2 Å². The van der Waals surface area contributed by atoms with E-state index in [0.29, 0.717) is 23.9 Å². The highest BCUT2D eigenvalue weighted by Gasteiger charge is 2.17. The van der Waals surface area contributed by atoms with Gasteiger partial charge in [-0.15, -0.1) is 0 Å². The van der Waals surface area contributed by atoms with E-state index in [-0.39, 0.29) is 18.2 Å². The Balaban J connectivity index is 1.72. The van der Waals surface area contributed by atoms with Gasteiger partial charge in [-0.05, 0) is 42.8 Å². The first-order valence-corrected chi connectivity index (χ1v) is 7.87. The minimum absolute atomic E-state index is 0.0961. The number of amides is 1. The number of nitrogens with one attached hydrogen (secondary N) is 1. The molecule has 3 rings (SSSR count). The van der Waals surface area contributed by atoms with Crippen LogP contribution < -0.4 is 19.5 Å². The first-order chi connectivity index (χ1) is 12.6. The van der Waals surface area contributed by atoms with E-state index in [2.05, 4.69) is 5.32 Å². The van der Waals surface area contributed by atoms with Crippen molar-refractivity contribution in [1.29, 1.82) is 0 Å². The lowest BCUT2D eigenvalue weighted by Crippen LogP contribution is -2.09. The second-order valence-electron chi connectivity index (χ2n) is 5.30. The number of nitro groups is 1. The van der Waals surface area contributed by atoms with Crippen molar-refractivity contribution in [2.45, 2.75) is 6.92 Å². The van der Waals surface area contributed by atoms with E-state index < -0.39 is 10.8 Å². The first kappa shape index (κ1) is 17.3. The van der Waals surface area contributed by atoms with Gasteiger partial charge in [-0.1, -0.05) is 6.07 Å². The Morgan fingerprint density at radius 1 is 1.27 bits per heavy atom. The molecule has 1 aliphatic heterocycles. The number of carbonyl (C=O) groups is 1. The smallest absolute Gasteiger partial charge is 0.296 e. The van der Waals surface area contributed by atoms with Crippen LogP contribution in [-0.4, -0.2) is 24.2 Å². The molecule has 0 saturated heterocycles. The van der Waals surface area contributed by atoms with Gasteiger partial charge in [0.15, 0.2) is 11.5 Å². The number of nitrogens with zero attached hydrogens (tertiary/aromatic N) is 1. The molecule has 8 heteroatoms. The predicted octanol–water partition coefficient (Wildman–Crippen LogP) is 3.37. The van der Waals surface area contributed by atoms with Gasteiger partial charge in [0, 0.05) is 6.08 Å². The molecule has 0 radical (unpaired) electrons. The van der Waals surface area contributed by atoms with Crippen LogP contribution in [-0.2, 0) is 4.79 Å².